The topological polar surface area (TPSA) is 63.9 Å². The van der Waals surface area contributed by atoms with Crippen molar-refractivity contribution in [2.45, 2.75) is 32.7 Å². The maximum atomic E-state index is 12.0. The second-order valence-corrected chi connectivity index (χ2v) is 5.63. The number of likely N-dealkylation sites (N-methyl/N-ethyl adjacent to an activating group) is 1. The van der Waals surface area contributed by atoms with E-state index in [1.807, 2.05) is 19.5 Å². The Balaban J connectivity index is 1.68. The molecule has 2 rings (SSSR count). The highest BCUT2D eigenvalue weighted by Gasteiger charge is 2.10. The molecule has 2 heterocycles. The lowest BCUT2D eigenvalue weighted by Gasteiger charge is -2.16. The minimum atomic E-state index is 0.173. The van der Waals surface area contributed by atoms with Crippen molar-refractivity contribution >= 4 is 17.2 Å². The molecule has 0 spiro atoms. The third kappa shape index (κ3) is 4.12. The van der Waals surface area contributed by atoms with Crippen molar-refractivity contribution in [3.05, 3.63) is 28.7 Å². The van der Waals surface area contributed by atoms with E-state index in [2.05, 4.69) is 15.1 Å². The van der Waals surface area contributed by atoms with Gasteiger partial charge < -0.3 is 4.90 Å². The van der Waals surface area contributed by atoms with Gasteiger partial charge in [0.1, 0.15) is 12.7 Å². The van der Waals surface area contributed by atoms with Crippen LogP contribution in [0.1, 0.15) is 23.4 Å². The van der Waals surface area contributed by atoms with Gasteiger partial charge in [-0.3, -0.25) is 9.48 Å². The van der Waals surface area contributed by atoms with Crippen LogP contribution >= 0.6 is 11.3 Å². The molecule has 0 aromatic carbocycles. The summed E-state index contributed by atoms with van der Waals surface area (Å²) in [5, 5.41) is 4.01. The largest absolute Gasteiger partial charge is 0.345 e. The second kappa shape index (κ2) is 7.14. The smallest absolute Gasteiger partial charge is 0.222 e. The number of aromatic nitrogens is 4. The summed E-state index contributed by atoms with van der Waals surface area (Å²) in [7, 11) is 1.86. The first kappa shape index (κ1) is 14.6. The van der Waals surface area contributed by atoms with Crippen molar-refractivity contribution in [1.29, 1.82) is 0 Å². The number of hydrogen-bond acceptors (Lipinski definition) is 5. The highest BCUT2D eigenvalue weighted by molar-refractivity contribution is 7.09. The normalized spacial score (nSPS) is 10.7. The van der Waals surface area contributed by atoms with Crippen molar-refractivity contribution in [1.82, 2.24) is 24.6 Å². The van der Waals surface area contributed by atoms with Crippen LogP contribution in [0.4, 0.5) is 0 Å². The second-order valence-electron chi connectivity index (χ2n) is 4.69. The molecule has 6 nitrogen and oxygen atoms in total. The molecule has 0 radical (unpaired) electrons. The van der Waals surface area contributed by atoms with Crippen LogP contribution in [0.25, 0.3) is 0 Å². The summed E-state index contributed by atoms with van der Waals surface area (Å²) < 4.78 is 1.74. The Morgan fingerprint density at radius 1 is 1.50 bits per heavy atom. The van der Waals surface area contributed by atoms with Crippen LogP contribution in [-0.2, 0) is 17.8 Å². The molecule has 1 amide bonds. The van der Waals surface area contributed by atoms with E-state index in [0.717, 1.165) is 31.6 Å². The fourth-order valence-corrected chi connectivity index (χ4v) is 2.66. The van der Waals surface area contributed by atoms with E-state index in [1.165, 1.54) is 11.2 Å². The Bertz CT molecular complexity index is 537. The predicted molar refractivity (Wildman–Crippen MR) is 77.4 cm³/mol. The van der Waals surface area contributed by atoms with Crippen LogP contribution < -0.4 is 0 Å². The molecule has 20 heavy (non-hydrogen) atoms. The van der Waals surface area contributed by atoms with Crippen LogP contribution in [0, 0.1) is 6.92 Å². The molecule has 0 aliphatic rings. The summed E-state index contributed by atoms with van der Waals surface area (Å²) >= 11 is 1.65. The van der Waals surface area contributed by atoms with Crippen molar-refractivity contribution in [2.75, 3.05) is 13.6 Å². The van der Waals surface area contributed by atoms with E-state index in [1.54, 1.807) is 27.2 Å². The van der Waals surface area contributed by atoms with Crippen molar-refractivity contribution in [3.63, 3.8) is 0 Å². The maximum absolute atomic E-state index is 12.0. The number of carbonyl (C=O) groups is 1. The third-order valence-corrected chi connectivity index (χ3v) is 4.18. The lowest BCUT2D eigenvalue weighted by atomic mass is 10.2. The van der Waals surface area contributed by atoms with E-state index in [4.69, 9.17) is 0 Å². The lowest BCUT2D eigenvalue weighted by molar-refractivity contribution is -0.130. The number of hydrogen-bond donors (Lipinski definition) is 0. The van der Waals surface area contributed by atoms with Gasteiger partial charge in [0.05, 0.1) is 11.2 Å². The van der Waals surface area contributed by atoms with E-state index in [-0.39, 0.29) is 5.91 Å². The summed E-state index contributed by atoms with van der Waals surface area (Å²) in [6.07, 6.45) is 5.37. The minimum Gasteiger partial charge on any atom is -0.345 e. The molecule has 0 bridgehead atoms. The number of rotatable bonds is 7. The molecule has 0 atom stereocenters. The first-order valence-corrected chi connectivity index (χ1v) is 7.50. The van der Waals surface area contributed by atoms with Gasteiger partial charge in [-0.1, -0.05) is 0 Å². The summed E-state index contributed by atoms with van der Waals surface area (Å²) in [6.45, 7) is 3.48. The summed E-state index contributed by atoms with van der Waals surface area (Å²) in [5.74, 6) is 0.173. The molecule has 2 aromatic heterocycles. The van der Waals surface area contributed by atoms with Gasteiger partial charge in [0.15, 0.2) is 0 Å². The van der Waals surface area contributed by atoms with Gasteiger partial charge in [-0.05, 0) is 13.3 Å². The van der Waals surface area contributed by atoms with Crippen LogP contribution in [-0.4, -0.2) is 44.1 Å². The highest BCUT2D eigenvalue weighted by Crippen LogP contribution is 2.13. The van der Waals surface area contributed by atoms with Crippen molar-refractivity contribution in [3.8, 4) is 0 Å². The zero-order valence-electron chi connectivity index (χ0n) is 11.8. The third-order valence-electron chi connectivity index (χ3n) is 3.19. The van der Waals surface area contributed by atoms with Gasteiger partial charge in [-0.25, -0.2) is 9.97 Å². The Kier molecular flexibility index (Phi) is 5.23. The van der Waals surface area contributed by atoms with Crippen LogP contribution in [0.5, 0.6) is 0 Å². The lowest BCUT2D eigenvalue weighted by Crippen LogP contribution is -2.28. The molecule has 0 aliphatic carbocycles. The van der Waals surface area contributed by atoms with E-state index in [0.29, 0.717) is 6.42 Å². The molecule has 7 heteroatoms. The summed E-state index contributed by atoms with van der Waals surface area (Å²) in [4.78, 5) is 23.1. The molecule has 0 N–H and O–H groups in total. The van der Waals surface area contributed by atoms with Crippen LogP contribution in [0.2, 0.25) is 0 Å². The monoisotopic (exact) mass is 293 g/mol. The average molecular weight is 293 g/mol. The molecular weight excluding hydrogens is 274 g/mol. The first-order chi connectivity index (χ1) is 9.66. The molecule has 0 saturated carbocycles. The molecule has 2 aromatic rings. The molecule has 0 unspecified atom stereocenters. The zero-order valence-corrected chi connectivity index (χ0v) is 12.6. The fourth-order valence-electron chi connectivity index (χ4n) is 1.89. The number of carbonyl (C=O) groups excluding carboxylic acids is 1. The average Bonchev–Trinajstić information content (AvgIpc) is 3.07. The maximum Gasteiger partial charge on any atom is 0.222 e. The number of amides is 1. The van der Waals surface area contributed by atoms with Gasteiger partial charge >= 0.3 is 0 Å². The van der Waals surface area contributed by atoms with Gasteiger partial charge in [-0.15, -0.1) is 11.3 Å². The van der Waals surface area contributed by atoms with Gasteiger partial charge in [0, 0.05) is 37.9 Å². The Labute approximate surface area is 122 Å². The van der Waals surface area contributed by atoms with Crippen molar-refractivity contribution in [2.24, 2.45) is 0 Å². The fraction of sp³-hybridized carbons (Fsp3) is 0.538. The first-order valence-electron chi connectivity index (χ1n) is 6.62. The van der Waals surface area contributed by atoms with E-state index >= 15 is 0 Å². The Hall–Kier alpha value is -1.76. The summed E-state index contributed by atoms with van der Waals surface area (Å²) in [6, 6.07) is 0. The van der Waals surface area contributed by atoms with E-state index in [9.17, 15) is 4.79 Å². The minimum absolute atomic E-state index is 0.173. The van der Waals surface area contributed by atoms with Crippen LogP contribution in [0.3, 0.4) is 0 Å². The highest BCUT2D eigenvalue weighted by atomic mass is 32.1. The zero-order chi connectivity index (χ0) is 14.4. The van der Waals surface area contributed by atoms with Gasteiger partial charge in [0.25, 0.3) is 0 Å². The molecule has 0 aliphatic heterocycles. The summed E-state index contributed by atoms with van der Waals surface area (Å²) in [5.41, 5.74) is 2.92. The Morgan fingerprint density at radius 3 is 3.00 bits per heavy atom. The standard InChI is InChI=1S/C13H19N5OS/c1-11-12(20-10-15-11)5-7-17(2)13(19)4-3-6-18-9-14-8-16-18/h8-10H,3-7H2,1-2H3. The molecule has 0 saturated heterocycles. The Morgan fingerprint density at radius 2 is 2.35 bits per heavy atom. The van der Waals surface area contributed by atoms with E-state index < -0.39 is 0 Å². The molecule has 108 valence electrons. The number of aryl methyl sites for hydroxylation is 2. The van der Waals surface area contributed by atoms with Gasteiger partial charge in [-0.2, -0.15) is 5.10 Å². The molecule has 0 fully saturated rings. The van der Waals surface area contributed by atoms with Crippen LogP contribution in [0.15, 0.2) is 18.2 Å². The molecular formula is C13H19N5OS. The van der Waals surface area contributed by atoms with Gasteiger partial charge in [0.2, 0.25) is 5.91 Å². The predicted octanol–water partition coefficient (Wildman–Crippen LogP) is 1.52. The number of thiazole rings is 1. The SMILES string of the molecule is Cc1ncsc1CCN(C)C(=O)CCCn1cncn1. The number of nitrogens with zero attached hydrogens (tertiary/aromatic N) is 5. The quantitative estimate of drug-likeness (QED) is 0.776. The van der Waals surface area contributed by atoms with Crippen molar-refractivity contribution < 1.29 is 4.79 Å².